The monoisotopic (exact) mass is 526 g/mol. The highest BCUT2D eigenvalue weighted by molar-refractivity contribution is 6.03. The fourth-order valence-corrected chi connectivity index (χ4v) is 3.72. The van der Waals surface area contributed by atoms with Gasteiger partial charge in [0.1, 0.15) is 11.3 Å². The van der Waals surface area contributed by atoms with Gasteiger partial charge in [-0.15, -0.1) is 0 Å². The Kier molecular flexibility index (Phi) is 6.98. The van der Waals surface area contributed by atoms with E-state index < -0.39 is 46.5 Å². The van der Waals surface area contributed by atoms with Gasteiger partial charge in [-0.25, -0.2) is 4.79 Å². The van der Waals surface area contributed by atoms with Crippen molar-refractivity contribution in [1.82, 2.24) is 0 Å². The van der Waals surface area contributed by atoms with Crippen molar-refractivity contribution in [2.75, 3.05) is 11.9 Å². The minimum Gasteiger partial charge on any atom is -0.455 e. The Morgan fingerprint density at radius 2 is 1.76 bits per heavy atom. The molecule has 12 heteroatoms. The molecule has 1 aromatic heterocycles. The molecule has 0 fully saturated rings. The molecule has 0 aliphatic carbocycles. The summed E-state index contributed by atoms with van der Waals surface area (Å²) in [6, 6.07) is 14.7. The fourth-order valence-electron chi connectivity index (χ4n) is 3.72. The molecular weight excluding hydrogens is 509 g/mol. The molecule has 0 aliphatic rings. The number of nitrogens with zero attached hydrogens (tertiary/aromatic N) is 1. The Labute approximate surface area is 211 Å². The number of hydrogen-bond donors (Lipinski definition) is 1. The summed E-state index contributed by atoms with van der Waals surface area (Å²) in [5.41, 5.74) is -2.72. The number of carbonyl (C=O) groups excluding carboxylic acids is 2. The molecule has 0 saturated carbocycles. The zero-order chi connectivity index (χ0) is 27.6. The van der Waals surface area contributed by atoms with Crippen LogP contribution in [0.15, 0.2) is 75.9 Å². The number of nitrogens with one attached hydrogen (secondary N) is 1. The first kappa shape index (κ1) is 26.1. The molecule has 9 nitrogen and oxygen atoms in total. The van der Waals surface area contributed by atoms with E-state index in [1.165, 1.54) is 18.2 Å². The number of esters is 1. The average molecular weight is 526 g/mol. The molecule has 0 atom stereocenters. The van der Waals surface area contributed by atoms with E-state index in [1.54, 1.807) is 37.3 Å². The molecule has 1 heterocycles. The van der Waals surface area contributed by atoms with Gasteiger partial charge in [0.15, 0.2) is 17.6 Å². The average Bonchev–Trinajstić information content (AvgIpc) is 2.89. The predicted molar refractivity (Wildman–Crippen MR) is 130 cm³/mol. The summed E-state index contributed by atoms with van der Waals surface area (Å²) in [6.45, 7) is 0.599. The molecule has 0 aliphatic heterocycles. The van der Waals surface area contributed by atoms with E-state index >= 15 is 0 Å². The Morgan fingerprint density at radius 3 is 2.42 bits per heavy atom. The van der Waals surface area contributed by atoms with Gasteiger partial charge >= 0.3 is 12.1 Å². The van der Waals surface area contributed by atoms with Gasteiger partial charge in [0, 0.05) is 23.3 Å². The van der Waals surface area contributed by atoms with Crippen LogP contribution in [0.1, 0.15) is 21.5 Å². The lowest BCUT2D eigenvalue weighted by Gasteiger charge is -2.14. The summed E-state index contributed by atoms with van der Waals surface area (Å²) in [5, 5.41) is 12.9. The molecule has 4 rings (SSSR count). The molecule has 3 aromatic carbocycles. The van der Waals surface area contributed by atoms with Crippen LogP contribution in [-0.4, -0.2) is 23.4 Å². The first-order valence-corrected chi connectivity index (χ1v) is 10.9. The number of non-ortho nitro benzene ring substituents is 1. The van der Waals surface area contributed by atoms with Gasteiger partial charge in [0.05, 0.1) is 21.6 Å². The number of hydrogen-bond acceptors (Lipinski definition) is 7. The number of nitro groups is 1. The Bertz CT molecular complexity index is 1630. The van der Waals surface area contributed by atoms with E-state index in [9.17, 15) is 37.7 Å². The molecular formula is C26H17F3N2O7. The summed E-state index contributed by atoms with van der Waals surface area (Å²) >= 11 is 0. The molecule has 194 valence electrons. The van der Waals surface area contributed by atoms with Crippen LogP contribution in [0.5, 0.6) is 0 Å². The van der Waals surface area contributed by atoms with Gasteiger partial charge in [0.25, 0.3) is 11.6 Å². The van der Waals surface area contributed by atoms with Crippen LogP contribution in [0, 0.1) is 17.0 Å². The minimum atomic E-state index is -5.00. The number of anilines is 1. The highest BCUT2D eigenvalue weighted by Gasteiger charge is 2.35. The third-order valence-corrected chi connectivity index (χ3v) is 5.53. The van der Waals surface area contributed by atoms with Crippen LogP contribution >= 0.6 is 0 Å². The normalized spacial score (nSPS) is 11.3. The summed E-state index contributed by atoms with van der Waals surface area (Å²) in [6.07, 6.45) is -5.00. The van der Waals surface area contributed by atoms with Gasteiger partial charge in [-0.1, -0.05) is 36.4 Å². The maximum absolute atomic E-state index is 13.3. The maximum atomic E-state index is 13.3. The van der Waals surface area contributed by atoms with Crippen molar-refractivity contribution < 1.29 is 36.8 Å². The number of fused-ring (bicyclic) bond motifs is 1. The van der Waals surface area contributed by atoms with Crippen molar-refractivity contribution in [3.05, 3.63) is 104 Å². The zero-order valence-electron chi connectivity index (χ0n) is 19.5. The van der Waals surface area contributed by atoms with Crippen molar-refractivity contribution in [3.63, 3.8) is 0 Å². The number of nitro benzene ring substituents is 1. The number of carbonyl (C=O) groups is 2. The Hall–Kier alpha value is -5.00. The highest BCUT2D eigenvalue weighted by Crippen LogP contribution is 2.37. The van der Waals surface area contributed by atoms with Gasteiger partial charge in [-0.3, -0.25) is 19.7 Å². The minimum absolute atomic E-state index is 0.0814. The molecule has 0 saturated heterocycles. The largest absolute Gasteiger partial charge is 0.455 e. The van der Waals surface area contributed by atoms with Crippen LogP contribution in [0.4, 0.5) is 24.5 Å². The number of halogens is 3. The first-order chi connectivity index (χ1) is 18.0. The number of ether oxygens (including phenoxy) is 1. The smallest absolute Gasteiger partial charge is 0.418 e. The summed E-state index contributed by atoms with van der Waals surface area (Å²) in [7, 11) is 0. The van der Waals surface area contributed by atoms with Gasteiger partial charge < -0.3 is 14.5 Å². The number of amides is 1. The summed E-state index contributed by atoms with van der Waals surface area (Å²) < 4.78 is 50.9. The summed E-state index contributed by atoms with van der Waals surface area (Å²) in [4.78, 5) is 47.8. The standard InChI is InChI=1S/C26H17F3N2O7/c1-14-22(33)17-8-5-9-18(24(17)38-23(14)15-6-3-2-4-7-15)25(34)37-13-21(32)30-20-11-10-16(31(35)36)12-19(20)26(27,28)29/h2-12H,13H2,1H3,(H,30,32). The lowest BCUT2D eigenvalue weighted by atomic mass is 10.0. The third kappa shape index (κ3) is 5.24. The van der Waals surface area contributed by atoms with Gasteiger partial charge in [-0.2, -0.15) is 13.2 Å². The lowest BCUT2D eigenvalue weighted by molar-refractivity contribution is -0.385. The van der Waals surface area contributed by atoms with Crippen LogP contribution in [-0.2, 0) is 15.7 Å². The quantitative estimate of drug-likeness (QED) is 0.200. The molecule has 0 unspecified atom stereocenters. The lowest BCUT2D eigenvalue weighted by Crippen LogP contribution is -2.23. The second-order valence-electron chi connectivity index (χ2n) is 8.04. The molecule has 4 aromatic rings. The number of benzene rings is 3. The van der Waals surface area contributed by atoms with Gasteiger partial charge in [0.2, 0.25) is 0 Å². The van der Waals surface area contributed by atoms with Crippen molar-refractivity contribution in [2.24, 2.45) is 0 Å². The second kappa shape index (κ2) is 10.2. The highest BCUT2D eigenvalue weighted by atomic mass is 19.4. The van der Waals surface area contributed by atoms with Crippen molar-refractivity contribution >= 4 is 34.2 Å². The SMILES string of the molecule is Cc1c(-c2ccccc2)oc2c(C(=O)OCC(=O)Nc3ccc([N+](=O)[O-])cc3C(F)(F)F)cccc2c1=O. The number of rotatable bonds is 6. The number of alkyl halides is 3. The van der Waals surface area contributed by atoms with E-state index in [-0.39, 0.29) is 33.8 Å². The van der Waals surface area contributed by atoms with Crippen LogP contribution in [0.3, 0.4) is 0 Å². The van der Waals surface area contributed by atoms with E-state index in [4.69, 9.17) is 9.15 Å². The maximum Gasteiger partial charge on any atom is 0.418 e. The fraction of sp³-hybridized carbons (Fsp3) is 0.115. The molecule has 0 bridgehead atoms. The first-order valence-electron chi connectivity index (χ1n) is 10.9. The van der Waals surface area contributed by atoms with E-state index in [0.29, 0.717) is 11.1 Å². The molecule has 38 heavy (non-hydrogen) atoms. The topological polar surface area (TPSA) is 129 Å². The van der Waals surface area contributed by atoms with Crippen LogP contribution in [0.2, 0.25) is 0 Å². The van der Waals surface area contributed by atoms with Crippen LogP contribution in [0.25, 0.3) is 22.3 Å². The molecule has 0 radical (unpaired) electrons. The zero-order valence-corrected chi connectivity index (χ0v) is 19.5. The van der Waals surface area contributed by atoms with Gasteiger partial charge in [-0.05, 0) is 25.1 Å². The van der Waals surface area contributed by atoms with Crippen LogP contribution < -0.4 is 10.7 Å². The van der Waals surface area contributed by atoms with E-state index in [0.717, 1.165) is 12.1 Å². The Balaban J connectivity index is 1.58. The van der Waals surface area contributed by atoms with E-state index in [1.807, 2.05) is 5.32 Å². The Morgan fingerprint density at radius 1 is 1.05 bits per heavy atom. The van der Waals surface area contributed by atoms with Crippen molar-refractivity contribution in [3.8, 4) is 11.3 Å². The van der Waals surface area contributed by atoms with Crippen molar-refractivity contribution in [1.29, 1.82) is 0 Å². The number of para-hydroxylation sites is 1. The molecule has 0 spiro atoms. The predicted octanol–water partition coefficient (Wildman–Crippen LogP) is 5.49. The molecule has 1 N–H and O–H groups in total. The van der Waals surface area contributed by atoms with Crippen molar-refractivity contribution in [2.45, 2.75) is 13.1 Å². The second-order valence-corrected chi connectivity index (χ2v) is 8.04. The molecule has 1 amide bonds. The van der Waals surface area contributed by atoms with E-state index in [2.05, 4.69) is 0 Å². The third-order valence-electron chi connectivity index (χ3n) is 5.53. The summed E-state index contributed by atoms with van der Waals surface area (Å²) in [5.74, 6) is -1.95.